The number of hydrogen-bond donors (Lipinski definition) is 8. The molecule has 0 aliphatic carbocycles. The quantitative estimate of drug-likeness (QED) is 0.0219. The Bertz CT molecular complexity index is 970. The molecular weight excluding hydrogens is 751 g/mol. The molecule has 0 aromatic heterocycles. The van der Waals surface area contributed by atoms with Gasteiger partial charge in [0.05, 0.1) is 25.4 Å². The number of aliphatic hydroxyl groups is 7. The van der Waals surface area contributed by atoms with Crippen molar-refractivity contribution in [1.82, 2.24) is 5.32 Å². The van der Waals surface area contributed by atoms with E-state index in [9.17, 15) is 40.5 Å². The molecule has 1 saturated heterocycles. The standard InChI is InChI=1S/C48H93NO10/c1-3-5-7-9-11-13-15-16-17-18-19-20-21-22-23-24-25-26-28-30-32-34-36-41(52)47(57)49-39(38-58-48-46(56)45(55)44(54)42(37-50)59-48)43(53)40(51)35-33-31-29-27-14-12-10-8-6-4-2/h32,34,39-46,48,50-56H,3-31,33,35-38H2,1-2H3,(H,49,57)/b34-32+/t39-,40+,41+,42+,43-,44+,45-,46+,48+/m0/s1. The lowest BCUT2D eigenvalue weighted by Crippen LogP contribution is -2.60. The minimum absolute atomic E-state index is 0.0858. The van der Waals surface area contributed by atoms with Crippen LogP contribution in [0.25, 0.3) is 0 Å². The van der Waals surface area contributed by atoms with E-state index in [2.05, 4.69) is 19.2 Å². The van der Waals surface area contributed by atoms with Gasteiger partial charge in [-0.25, -0.2) is 0 Å². The van der Waals surface area contributed by atoms with Gasteiger partial charge in [-0.1, -0.05) is 206 Å². The molecule has 1 aliphatic heterocycles. The zero-order valence-corrected chi connectivity index (χ0v) is 37.7. The smallest absolute Gasteiger partial charge is 0.249 e. The molecule has 9 atom stereocenters. The van der Waals surface area contributed by atoms with Crippen LogP contribution in [0.5, 0.6) is 0 Å². The van der Waals surface area contributed by atoms with Gasteiger partial charge >= 0.3 is 0 Å². The number of carbonyl (C=O) groups is 1. The molecule has 0 aromatic rings. The fourth-order valence-electron chi connectivity index (χ4n) is 7.98. The van der Waals surface area contributed by atoms with Crippen molar-refractivity contribution in [2.45, 2.75) is 274 Å². The molecule has 0 radical (unpaired) electrons. The molecular formula is C48H93NO10. The monoisotopic (exact) mass is 844 g/mol. The fraction of sp³-hybridized carbons (Fsp3) is 0.938. The summed E-state index contributed by atoms with van der Waals surface area (Å²) in [6, 6.07) is -1.18. The summed E-state index contributed by atoms with van der Waals surface area (Å²) in [7, 11) is 0. The maximum atomic E-state index is 13.1. The lowest BCUT2D eigenvalue weighted by atomic mass is 9.98. The van der Waals surface area contributed by atoms with E-state index >= 15 is 0 Å². The summed E-state index contributed by atoms with van der Waals surface area (Å²) in [5.74, 6) is -0.745. The van der Waals surface area contributed by atoms with Crippen LogP contribution in [0, 0.1) is 0 Å². The van der Waals surface area contributed by atoms with Crippen molar-refractivity contribution < 1.29 is 50.0 Å². The van der Waals surface area contributed by atoms with Crippen LogP contribution < -0.4 is 5.32 Å². The highest BCUT2D eigenvalue weighted by Crippen LogP contribution is 2.23. The van der Waals surface area contributed by atoms with Crippen LogP contribution in [0.4, 0.5) is 0 Å². The number of rotatable bonds is 41. The Labute approximate surface area is 360 Å². The predicted octanol–water partition coefficient (Wildman–Crippen LogP) is 8.45. The van der Waals surface area contributed by atoms with Crippen LogP contribution in [-0.2, 0) is 14.3 Å². The Balaban J connectivity index is 2.36. The van der Waals surface area contributed by atoms with Gasteiger partial charge < -0.3 is 50.5 Å². The van der Waals surface area contributed by atoms with Gasteiger partial charge in [0.1, 0.15) is 36.6 Å². The summed E-state index contributed by atoms with van der Waals surface area (Å²) in [6.07, 6.45) is 30.1. The first-order chi connectivity index (χ1) is 28.7. The van der Waals surface area contributed by atoms with E-state index in [1.165, 1.54) is 148 Å². The van der Waals surface area contributed by atoms with Crippen LogP contribution >= 0.6 is 0 Å². The lowest BCUT2D eigenvalue weighted by molar-refractivity contribution is -0.303. The highest BCUT2D eigenvalue weighted by Gasteiger charge is 2.44. The van der Waals surface area contributed by atoms with E-state index in [0.29, 0.717) is 12.8 Å². The molecule has 0 saturated carbocycles. The van der Waals surface area contributed by atoms with E-state index in [1.54, 1.807) is 6.08 Å². The fourth-order valence-corrected chi connectivity index (χ4v) is 7.98. The first-order valence-corrected chi connectivity index (χ1v) is 24.6. The minimum atomic E-state index is -1.66. The van der Waals surface area contributed by atoms with Gasteiger partial charge in [0.25, 0.3) is 0 Å². The Hall–Kier alpha value is -1.15. The third kappa shape index (κ3) is 28.2. The van der Waals surface area contributed by atoms with Crippen LogP contribution in [0.2, 0.25) is 0 Å². The van der Waals surface area contributed by atoms with Gasteiger partial charge in [0.15, 0.2) is 6.29 Å². The molecule has 59 heavy (non-hydrogen) atoms. The molecule has 350 valence electrons. The maximum absolute atomic E-state index is 13.1. The average molecular weight is 844 g/mol. The second-order valence-corrected chi connectivity index (χ2v) is 17.5. The first kappa shape index (κ1) is 55.9. The van der Waals surface area contributed by atoms with E-state index in [0.717, 1.165) is 38.5 Å². The van der Waals surface area contributed by atoms with Crippen molar-refractivity contribution in [3.63, 3.8) is 0 Å². The van der Waals surface area contributed by atoms with Gasteiger partial charge in [0, 0.05) is 6.42 Å². The minimum Gasteiger partial charge on any atom is -0.394 e. The normalized spacial score (nSPS) is 21.8. The number of amides is 1. The number of carbonyl (C=O) groups excluding carboxylic acids is 1. The largest absolute Gasteiger partial charge is 0.394 e. The number of ether oxygens (including phenoxy) is 2. The van der Waals surface area contributed by atoms with Crippen LogP contribution in [-0.4, -0.2) is 110 Å². The average Bonchev–Trinajstić information content (AvgIpc) is 3.23. The van der Waals surface area contributed by atoms with Crippen molar-refractivity contribution in [2.24, 2.45) is 0 Å². The van der Waals surface area contributed by atoms with E-state index in [4.69, 9.17) is 9.47 Å². The number of unbranched alkanes of at least 4 members (excludes halogenated alkanes) is 28. The van der Waals surface area contributed by atoms with Crippen molar-refractivity contribution in [1.29, 1.82) is 0 Å². The van der Waals surface area contributed by atoms with Crippen LogP contribution in [0.3, 0.4) is 0 Å². The van der Waals surface area contributed by atoms with Gasteiger partial charge in [-0.3, -0.25) is 4.79 Å². The van der Waals surface area contributed by atoms with Crippen LogP contribution in [0.1, 0.15) is 219 Å². The molecule has 8 N–H and O–H groups in total. The highest BCUT2D eigenvalue weighted by molar-refractivity contribution is 5.81. The molecule has 0 aromatic carbocycles. The topological polar surface area (TPSA) is 189 Å². The third-order valence-corrected chi connectivity index (χ3v) is 12.1. The molecule has 0 spiro atoms. The summed E-state index contributed by atoms with van der Waals surface area (Å²) in [4.78, 5) is 13.1. The van der Waals surface area contributed by atoms with Gasteiger partial charge in [-0.15, -0.1) is 0 Å². The molecule has 11 nitrogen and oxygen atoms in total. The van der Waals surface area contributed by atoms with E-state index in [-0.39, 0.29) is 6.42 Å². The Morgan fingerprint density at radius 3 is 1.46 bits per heavy atom. The molecule has 1 rings (SSSR count). The molecule has 0 bridgehead atoms. The molecule has 1 heterocycles. The van der Waals surface area contributed by atoms with Gasteiger partial charge in [-0.2, -0.15) is 0 Å². The zero-order valence-electron chi connectivity index (χ0n) is 37.7. The highest BCUT2D eigenvalue weighted by atomic mass is 16.7. The Morgan fingerprint density at radius 1 is 0.593 bits per heavy atom. The van der Waals surface area contributed by atoms with Gasteiger partial charge in [0.2, 0.25) is 5.91 Å². The molecule has 1 amide bonds. The molecule has 0 unspecified atom stereocenters. The second-order valence-electron chi connectivity index (χ2n) is 17.5. The van der Waals surface area contributed by atoms with Crippen molar-refractivity contribution in [3.8, 4) is 0 Å². The predicted molar refractivity (Wildman–Crippen MR) is 238 cm³/mol. The first-order valence-electron chi connectivity index (χ1n) is 24.6. The van der Waals surface area contributed by atoms with Crippen LogP contribution in [0.15, 0.2) is 12.2 Å². The van der Waals surface area contributed by atoms with Crippen molar-refractivity contribution in [3.05, 3.63) is 12.2 Å². The number of allylic oxidation sites excluding steroid dienone is 1. The summed E-state index contributed by atoms with van der Waals surface area (Å²) >= 11 is 0. The Kier molecular flexibility index (Phi) is 36.5. The summed E-state index contributed by atoms with van der Waals surface area (Å²) in [5.41, 5.74) is 0. The Morgan fingerprint density at radius 2 is 1.02 bits per heavy atom. The summed E-state index contributed by atoms with van der Waals surface area (Å²) < 4.78 is 11.1. The second kappa shape index (κ2) is 38.5. The number of nitrogens with one attached hydrogen (secondary N) is 1. The van der Waals surface area contributed by atoms with E-state index < -0.39 is 74.2 Å². The maximum Gasteiger partial charge on any atom is 0.249 e. The number of hydrogen-bond acceptors (Lipinski definition) is 10. The SMILES string of the molecule is CCCCCCCCCCCCCCCCCCCCC/C=C/C[C@@H](O)C(=O)N[C@@H](CO[C@@H]1O[C@H](CO)[C@@H](O)[C@H](O)[C@H]1O)[C@H](O)[C@H](O)CCCCCCCCCCCC. The van der Waals surface area contributed by atoms with E-state index in [1.807, 2.05) is 6.08 Å². The third-order valence-electron chi connectivity index (χ3n) is 12.1. The molecule has 1 fully saturated rings. The van der Waals surface area contributed by atoms with Crippen molar-refractivity contribution in [2.75, 3.05) is 13.2 Å². The van der Waals surface area contributed by atoms with Crippen molar-refractivity contribution >= 4 is 5.91 Å². The lowest BCUT2D eigenvalue weighted by Gasteiger charge is -2.40. The number of aliphatic hydroxyl groups excluding tert-OH is 7. The molecule has 11 heteroatoms. The molecule has 1 aliphatic rings. The zero-order chi connectivity index (χ0) is 43.4. The van der Waals surface area contributed by atoms with Gasteiger partial charge in [-0.05, 0) is 19.3 Å². The summed E-state index contributed by atoms with van der Waals surface area (Å²) in [6.45, 7) is 3.41. The summed E-state index contributed by atoms with van der Waals surface area (Å²) in [5, 5.41) is 75.5.